The summed E-state index contributed by atoms with van der Waals surface area (Å²) in [5.41, 5.74) is 4.45. The molecule has 0 bridgehead atoms. The molecule has 0 unspecified atom stereocenters. The number of hydrogen-bond donors (Lipinski definition) is 0. The van der Waals surface area contributed by atoms with Crippen LogP contribution in [0, 0.1) is 0 Å². The first-order chi connectivity index (χ1) is 22.6. The summed E-state index contributed by atoms with van der Waals surface area (Å²) < 4.78 is 11.8. The van der Waals surface area contributed by atoms with Crippen LogP contribution >= 0.6 is 11.8 Å². The number of likely N-dealkylation sites (tertiary alicyclic amines) is 1. The van der Waals surface area contributed by atoms with Gasteiger partial charge in [-0.15, -0.1) is 0 Å². The molecule has 6 rings (SSSR count). The minimum atomic E-state index is -0.0721. The molecule has 0 atom stereocenters. The zero-order valence-corrected chi connectivity index (χ0v) is 26.7. The highest BCUT2D eigenvalue weighted by Gasteiger charge is 2.33. The van der Waals surface area contributed by atoms with Gasteiger partial charge in [-0.1, -0.05) is 66.7 Å². The number of benzene rings is 4. The number of nitrogens with zero attached hydrogens (tertiary/aromatic N) is 3. The first-order valence-corrected chi connectivity index (χ1v) is 16.5. The molecule has 7 nitrogen and oxygen atoms in total. The van der Waals surface area contributed by atoms with E-state index in [0.717, 1.165) is 49.2 Å². The molecule has 0 N–H and O–H groups in total. The Labute approximate surface area is 274 Å². The summed E-state index contributed by atoms with van der Waals surface area (Å²) in [6, 6.07) is 33.1. The number of hydrogen-bond acceptors (Lipinski definition) is 6. The monoisotopic (exact) mass is 631 g/mol. The van der Waals surface area contributed by atoms with Gasteiger partial charge in [0, 0.05) is 25.2 Å². The number of thioether (sulfide) groups is 1. The second-order valence-corrected chi connectivity index (χ2v) is 12.3. The van der Waals surface area contributed by atoms with Crippen LogP contribution < -0.4 is 9.47 Å². The van der Waals surface area contributed by atoms with Gasteiger partial charge in [0.05, 0.1) is 17.7 Å². The van der Waals surface area contributed by atoms with E-state index in [0.29, 0.717) is 40.3 Å². The molecular formula is C38H37N3O4S. The fourth-order valence-electron chi connectivity index (χ4n) is 5.52. The van der Waals surface area contributed by atoms with Gasteiger partial charge in [-0.25, -0.2) is 4.99 Å². The molecule has 0 aliphatic carbocycles. The van der Waals surface area contributed by atoms with Gasteiger partial charge >= 0.3 is 0 Å². The first-order valence-electron chi connectivity index (χ1n) is 15.7. The van der Waals surface area contributed by atoms with E-state index < -0.39 is 0 Å². The Morgan fingerprint density at radius 2 is 1.57 bits per heavy atom. The lowest BCUT2D eigenvalue weighted by Gasteiger charge is -2.26. The van der Waals surface area contributed by atoms with E-state index in [4.69, 9.17) is 14.5 Å². The maximum absolute atomic E-state index is 13.6. The summed E-state index contributed by atoms with van der Waals surface area (Å²) >= 11 is 1.38. The first kappa shape index (κ1) is 31.2. The van der Waals surface area contributed by atoms with Crippen molar-refractivity contribution in [1.29, 1.82) is 0 Å². The van der Waals surface area contributed by atoms with Gasteiger partial charge in [-0.2, -0.15) is 0 Å². The number of amides is 2. The number of carbonyl (C=O) groups is 2. The SMILES string of the molecule is COc1cc(/C=C2\SC(=Nc3ccccc3)N(CCc3ccccc3)C2=O)ccc1OCc1ccc(C(=O)N2CCCCC2)cc1. The van der Waals surface area contributed by atoms with Crippen LogP contribution in [0.2, 0.25) is 0 Å². The number of carbonyl (C=O) groups excluding carboxylic acids is 2. The Morgan fingerprint density at radius 1 is 0.848 bits per heavy atom. The summed E-state index contributed by atoms with van der Waals surface area (Å²) in [5.74, 6) is 1.19. The molecule has 2 heterocycles. The third-order valence-electron chi connectivity index (χ3n) is 8.06. The molecular weight excluding hydrogens is 595 g/mol. The van der Waals surface area contributed by atoms with E-state index in [1.807, 2.05) is 102 Å². The molecule has 4 aromatic rings. The maximum atomic E-state index is 13.6. The maximum Gasteiger partial charge on any atom is 0.266 e. The van der Waals surface area contributed by atoms with Crippen molar-refractivity contribution in [1.82, 2.24) is 9.80 Å². The quantitative estimate of drug-likeness (QED) is 0.168. The number of aliphatic imine (C=N–C) groups is 1. The molecule has 234 valence electrons. The van der Waals surface area contributed by atoms with Crippen LogP contribution in [0.25, 0.3) is 6.08 Å². The topological polar surface area (TPSA) is 71.4 Å². The Morgan fingerprint density at radius 3 is 2.28 bits per heavy atom. The summed E-state index contributed by atoms with van der Waals surface area (Å²) in [7, 11) is 1.60. The van der Waals surface area contributed by atoms with Gasteiger partial charge < -0.3 is 14.4 Å². The number of piperidine rings is 1. The summed E-state index contributed by atoms with van der Waals surface area (Å²) in [4.78, 5) is 35.6. The molecule has 0 saturated carbocycles. The molecule has 0 aromatic heterocycles. The average Bonchev–Trinajstić information content (AvgIpc) is 3.40. The highest BCUT2D eigenvalue weighted by atomic mass is 32.2. The van der Waals surface area contributed by atoms with E-state index in [1.54, 1.807) is 12.0 Å². The molecule has 2 aliphatic rings. The predicted octanol–water partition coefficient (Wildman–Crippen LogP) is 7.75. The van der Waals surface area contributed by atoms with Gasteiger partial charge in [-0.3, -0.25) is 14.5 Å². The fraction of sp³-hybridized carbons (Fsp3) is 0.237. The predicted molar refractivity (Wildman–Crippen MR) is 184 cm³/mol. The van der Waals surface area contributed by atoms with Crippen molar-refractivity contribution in [3.05, 3.63) is 130 Å². The van der Waals surface area contributed by atoms with E-state index >= 15 is 0 Å². The zero-order valence-electron chi connectivity index (χ0n) is 25.9. The molecule has 2 saturated heterocycles. The standard InChI is InChI=1S/C38H37N3O4S/c1-44-34-25-30(17-20-33(34)45-27-29-15-18-31(19-16-29)36(42)40-22-9-4-10-23-40)26-35-37(43)41(24-21-28-11-5-2-6-12-28)38(46-35)39-32-13-7-3-8-14-32/h2-3,5-8,11-20,25-26H,4,9-10,21-24,27H2,1H3/b35-26-,39-38?. The van der Waals surface area contributed by atoms with Crippen LogP contribution in [0.4, 0.5) is 5.69 Å². The summed E-state index contributed by atoms with van der Waals surface area (Å²) in [5, 5.41) is 0.661. The van der Waals surface area contributed by atoms with E-state index in [2.05, 4.69) is 12.1 Å². The van der Waals surface area contributed by atoms with Crippen LogP contribution in [0.1, 0.15) is 46.3 Å². The Hall–Kier alpha value is -4.82. The van der Waals surface area contributed by atoms with Crippen molar-refractivity contribution >= 4 is 40.5 Å². The molecule has 0 radical (unpaired) electrons. The van der Waals surface area contributed by atoms with Crippen molar-refractivity contribution in [2.75, 3.05) is 26.7 Å². The summed E-state index contributed by atoms with van der Waals surface area (Å²) in [6.07, 6.45) is 5.94. The van der Waals surface area contributed by atoms with Crippen LogP contribution in [0.15, 0.2) is 113 Å². The van der Waals surface area contributed by atoms with Gasteiger partial charge in [0.25, 0.3) is 11.8 Å². The second-order valence-electron chi connectivity index (χ2n) is 11.3. The minimum absolute atomic E-state index is 0.0721. The van der Waals surface area contributed by atoms with Crippen molar-refractivity contribution in [2.24, 2.45) is 4.99 Å². The molecule has 2 amide bonds. The van der Waals surface area contributed by atoms with Gasteiger partial charge in [0.1, 0.15) is 6.61 Å². The highest BCUT2D eigenvalue weighted by molar-refractivity contribution is 8.18. The Balaban J connectivity index is 1.15. The van der Waals surface area contributed by atoms with Crippen LogP contribution in [0.3, 0.4) is 0 Å². The lowest BCUT2D eigenvalue weighted by molar-refractivity contribution is -0.122. The lowest BCUT2D eigenvalue weighted by Crippen LogP contribution is -2.35. The number of ether oxygens (including phenoxy) is 2. The van der Waals surface area contributed by atoms with Crippen LogP contribution in [0.5, 0.6) is 11.5 Å². The van der Waals surface area contributed by atoms with Gasteiger partial charge in [0.2, 0.25) is 0 Å². The summed E-state index contributed by atoms with van der Waals surface area (Å²) in [6.45, 7) is 2.53. The van der Waals surface area contributed by atoms with Crippen molar-refractivity contribution in [3.63, 3.8) is 0 Å². The number of amidine groups is 1. The largest absolute Gasteiger partial charge is 0.493 e. The van der Waals surface area contributed by atoms with Crippen molar-refractivity contribution in [3.8, 4) is 11.5 Å². The Bertz CT molecular complexity index is 1720. The van der Waals surface area contributed by atoms with E-state index in [1.165, 1.54) is 23.7 Å². The third kappa shape index (κ3) is 7.69. The molecule has 0 spiro atoms. The van der Waals surface area contributed by atoms with Crippen LogP contribution in [-0.2, 0) is 17.8 Å². The third-order valence-corrected chi connectivity index (χ3v) is 9.07. The Kier molecular flexibility index (Phi) is 10.1. The smallest absolute Gasteiger partial charge is 0.266 e. The highest BCUT2D eigenvalue weighted by Crippen LogP contribution is 2.36. The van der Waals surface area contributed by atoms with Crippen molar-refractivity contribution < 1.29 is 19.1 Å². The molecule has 46 heavy (non-hydrogen) atoms. The molecule has 2 fully saturated rings. The van der Waals surface area contributed by atoms with Crippen molar-refractivity contribution in [2.45, 2.75) is 32.3 Å². The second kappa shape index (κ2) is 15.0. The van der Waals surface area contributed by atoms with E-state index in [-0.39, 0.29) is 11.8 Å². The lowest BCUT2D eigenvalue weighted by atomic mass is 10.1. The number of methoxy groups -OCH3 is 1. The zero-order chi connectivity index (χ0) is 31.7. The average molecular weight is 632 g/mol. The fourth-order valence-corrected chi connectivity index (χ4v) is 6.54. The minimum Gasteiger partial charge on any atom is -0.493 e. The van der Waals surface area contributed by atoms with Crippen LogP contribution in [-0.4, -0.2) is 53.5 Å². The van der Waals surface area contributed by atoms with Gasteiger partial charge in [-0.05, 0) is 96.6 Å². The number of rotatable bonds is 10. The molecule has 4 aromatic carbocycles. The van der Waals surface area contributed by atoms with Gasteiger partial charge in [0.15, 0.2) is 16.7 Å². The molecule has 8 heteroatoms. The molecule has 2 aliphatic heterocycles. The number of para-hydroxylation sites is 1. The normalized spacial score (nSPS) is 16.7. The van der Waals surface area contributed by atoms with E-state index in [9.17, 15) is 9.59 Å².